The van der Waals surface area contributed by atoms with Crippen LogP contribution in [0.3, 0.4) is 0 Å². The van der Waals surface area contributed by atoms with Crippen LogP contribution in [-0.2, 0) is 0 Å². The molecule has 15 heavy (non-hydrogen) atoms. The Hall–Kier alpha value is -0.0800. The van der Waals surface area contributed by atoms with Crippen molar-refractivity contribution in [3.8, 4) is 0 Å². The Morgan fingerprint density at radius 3 is 2.20 bits per heavy atom. The molecule has 0 bridgehead atoms. The molecule has 0 heterocycles. The van der Waals surface area contributed by atoms with E-state index < -0.39 is 0 Å². The minimum atomic E-state index is 0.378. The normalized spacial score (nSPS) is 14.6. The lowest BCUT2D eigenvalue weighted by molar-refractivity contribution is 0.181. The summed E-state index contributed by atoms with van der Waals surface area (Å²) in [5.41, 5.74) is 6.22. The van der Waals surface area contributed by atoms with Gasteiger partial charge in [-0.3, -0.25) is 0 Å². The second kappa shape index (κ2) is 7.24. The van der Waals surface area contributed by atoms with Crippen LogP contribution in [-0.4, -0.2) is 31.1 Å². The van der Waals surface area contributed by atoms with Crippen LogP contribution >= 0.6 is 0 Å². The Kier molecular flexibility index (Phi) is 7.20. The molecule has 1 atom stereocenters. The number of likely N-dealkylation sites (N-methyl/N-ethyl adjacent to an activating group) is 1. The third-order valence-electron chi connectivity index (χ3n) is 2.86. The molecule has 0 saturated heterocycles. The summed E-state index contributed by atoms with van der Waals surface area (Å²) < 4.78 is 0. The number of rotatable bonds is 7. The fourth-order valence-corrected chi connectivity index (χ4v) is 1.92. The molecule has 2 heteroatoms. The van der Waals surface area contributed by atoms with Crippen LogP contribution in [0.25, 0.3) is 0 Å². The lowest BCUT2D eigenvalue weighted by atomic mass is 9.87. The second-order valence-corrected chi connectivity index (χ2v) is 5.84. The van der Waals surface area contributed by atoms with Gasteiger partial charge in [0.15, 0.2) is 0 Å². The zero-order chi connectivity index (χ0) is 11.9. The predicted octanol–water partition coefficient (Wildman–Crippen LogP) is 2.87. The lowest BCUT2D eigenvalue weighted by Crippen LogP contribution is -2.40. The van der Waals surface area contributed by atoms with Crippen molar-refractivity contribution in [2.24, 2.45) is 11.1 Å². The summed E-state index contributed by atoms with van der Waals surface area (Å²) in [6, 6.07) is 0.543. The van der Waals surface area contributed by atoms with E-state index in [0.29, 0.717) is 11.5 Å². The van der Waals surface area contributed by atoms with E-state index in [9.17, 15) is 0 Å². The first kappa shape index (κ1) is 14.9. The smallest absolute Gasteiger partial charge is 0.0220 e. The van der Waals surface area contributed by atoms with Crippen LogP contribution in [0.1, 0.15) is 53.4 Å². The van der Waals surface area contributed by atoms with Crippen LogP contribution in [0.4, 0.5) is 0 Å². The van der Waals surface area contributed by atoms with Gasteiger partial charge in [-0.1, -0.05) is 40.5 Å². The first-order valence-electron chi connectivity index (χ1n) is 6.31. The van der Waals surface area contributed by atoms with E-state index >= 15 is 0 Å². The Morgan fingerprint density at radius 2 is 1.80 bits per heavy atom. The third kappa shape index (κ3) is 7.80. The molecule has 0 aromatic carbocycles. The predicted molar refractivity (Wildman–Crippen MR) is 69.1 cm³/mol. The van der Waals surface area contributed by atoms with Crippen molar-refractivity contribution in [1.82, 2.24) is 4.90 Å². The summed E-state index contributed by atoms with van der Waals surface area (Å²) in [6.45, 7) is 11.1. The molecule has 0 rings (SSSR count). The van der Waals surface area contributed by atoms with Crippen molar-refractivity contribution < 1.29 is 0 Å². The molecule has 0 aromatic heterocycles. The van der Waals surface area contributed by atoms with Crippen molar-refractivity contribution in [2.45, 2.75) is 59.4 Å². The average molecular weight is 214 g/mol. The summed E-state index contributed by atoms with van der Waals surface area (Å²) in [4.78, 5) is 2.43. The van der Waals surface area contributed by atoms with Gasteiger partial charge in [-0.05, 0) is 31.8 Å². The van der Waals surface area contributed by atoms with E-state index in [1.54, 1.807) is 0 Å². The van der Waals surface area contributed by atoms with Gasteiger partial charge in [-0.15, -0.1) is 0 Å². The lowest BCUT2D eigenvalue weighted by Gasteiger charge is -2.32. The van der Waals surface area contributed by atoms with Crippen LogP contribution in [0.5, 0.6) is 0 Å². The molecule has 0 aromatic rings. The zero-order valence-electron chi connectivity index (χ0n) is 11.3. The first-order chi connectivity index (χ1) is 6.90. The Balaban J connectivity index is 3.93. The summed E-state index contributed by atoms with van der Waals surface area (Å²) in [5, 5.41) is 0. The van der Waals surface area contributed by atoms with Crippen molar-refractivity contribution in [3.63, 3.8) is 0 Å². The molecule has 2 N–H and O–H groups in total. The number of hydrogen-bond acceptors (Lipinski definition) is 2. The van der Waals surface area contributed by atoms with Gasteiger partial charge in [0.25, 0.3) is 0 Å². The van der Waals surface area contributed by atoms with Crippen molar-refractivity contribution >= 4 is 0 Å². The summed E-state index contributed by atoms with van der Waals surface area (Å²) in [7, 11) is 2.21. The molecule has 0 fully saturated rings. The highest BCUT2D eigenvalue weighted by molar-refractivity contribution is 4.76. The summed E-state index contributed by atoms with van der Waals surface area (Å²) in [6.07, 6.45) is 5.11. The first-order valence-corrected chi connectivity index (χ1v) is 6.31. The fraction of sp³-hybridized carbons (Fsp3) is 1.00. The van der Waals surface area contributed by atoms with E-state index in [0.717, 1.165) is 6.54 Å². The molecule has 1 unspecified atom stereocenters. The zero-order valence-corrected chi connectivity index (χ0v) is 11.3. The molecule has 92 valence electrons. The van der Waals surface area contributed by atoms with Crippen LogP contribution in [0, 0.1) is 5.41 Å². The van der Waals surface area contributed by atoms with E-state index in [-0.39, 0.29) is 0 Å². The average Bonchev–Trinajstić information content (AvgIpc) is 2.13. The molecule has 0 spiro atoms. The molecular formula is C13H30N2. The maximum Gasteiger partial charge on any atom is 0.0220 e. The maximum absolute atomic E-state index is 5.84. The van der Waals surface area contributed by atoms with Gasteiger partial charge in [-0.2, -0.15) is 0 Å². The number of nitrogens with zero attached hydrogens (tertiary/aromatic N) is 1. The Bertz CT molecular complexity index is 149. The molecule has 0 aliphatic carbocycles. The number of unbranched alkanes of at least 4 members (excludes halogenated alkanes) is 2. The monoisotopic (exact) mass is 214 g/mol. The van der Waals surface area contributed by atoms with Crippen molar-refractivity contribution in [1.29, 1.82) is 0 Å². The second-order valence-electron chi connectivity index (χ2n) is 5.84. The molecule has 0 radical (unpaired) electrons. The Morgan fingerprint density at radius 1 is 1.20 bits per heavy atom. The highest BCUT2D eigenvalue weighted by Gasteiger charge is 2.20. The minimum absolute atomic E-state index is 0.378. The molecule has 0 aliphatic heterocycles. The summed E-state index contributed by atoms with van der Waals surface area (Å²) in [5.74, 6) is 0. The molecule has 2 nitrogen and oxygen atoms in total. The van der Waals surface area contributed by atoms with Gasteiger partial charge in [0, 0.05) is 12.6 Å². The highest BCUT2D eigenvalue weighted by atomic mass is 15.1. The third-order valence-corrected chi connectivity index (χ3v) is 2.86. The minimum Gasteiger partial charge on any atom is -0.329 e. The molecule has 0 amide bonds. The van der Waals surface area contributed by atoms with Crippen LogP contribution in [0.2, 0.25) is 0 Å². The quantitative estimate of drug-likeness (QED) is 0.660. The number of hydrogen-bond donors (Lipinski definition) is 1. The maximum atomic E-state index is 5.84. The van der Waals surface area contributed by atoms with Crippen LogP contribution in [0.15, 0.2) is 0 Å². The standard InChI is InChI=1S/C13H30N2/c1-6-7-8-9-15(5)12(11-14)10-13(2,3)4/h12H,6-11,14H2,1-5H3. The van der Waals surface area contributed by atoms with Gasteiger partial charge in [0.05, 0.1) is 0 Å². The van der Waals surface area contributed by atoms with E-state index in [1.165, 1.54) is 32.2 Å². The topological polar surface area (TPSA) is 29.3 Å². The summed E-state index contributed by atoms with van der Waals surface area (Å²) >= 11 is 0. The van der Waals surface area contributed by atoms with Crippen molar-refractivity contribution in [2.75, 3.05) is 20.1 Å². The SMILES string of the molecule is CCCCCN(C)C(CN)CC(C)(C)C. The van der Waals surface area contributed by atoms with Crippen LogP contribution < -0.4 is 5.73 Å². The van der Waals surface area contributed by atoms with Crippen molar-refractivity contribution in [3.05, 3.63) is 0 Å². The van der Waals surface area contributed by atoms with E-state index in [2.05, 4.69) is 39.6 Å². The molecule has 0 saturated carbocycles. The van der Waals surface area contributed by atoms with Gasteiger partial charge >= 0.3 is 0 Å². The highest BCUT2D eigenvalue weighted by Crippen LogP contribution is 2.22. The van der Waals surface area contributed by atoms with Gasteiger partial charge in [-0.25, -0.2) is 0 Å². The molecule has 0 aliphatic rings. The number of nitrogens with two attached hydrogens (primary N) is 1. The largest absolute Gasteiger partial charge is 0.329 e. The van der Waals surface area contributed by atoms with Gasteiger partial charge in [0.2, 0.25) is 0 Å². The van der Waals surface area contributed by atoms with E-state index in [1.807, 2.05) is 0 Å². The Labute approximate surface area is 96.2 Å². The molecular weight excluding hydrogens is 184 g/mol. The van der Waals surface area contributed by atoms with Gasteiger partial charge in [0.1, 0.15) is 0 Å². The van der Waals surface area contributed by atoms with E-state index in [4.69, 9.17) is 5.73 Å². The fourth-order valence-electron chi connectivity index (χ4n) is 1.92. The van der Waals surface area contributed by atoms with Gasteiger partial charge < -0.3 is 10.6 Å².